The molecular weight excluding hydrogens is 314 g/mol. The summed E-state index contributed by atoms with van der Waals surface area (Å²) in [5.41, 5.74) is 2.06. The van der Waals surface area contributed by atoms with Crippen molar-refractivity contribution in [3.63, 3.8) is 0 Å². The van der Waals surface area contributed by atoms with Crippen molar-refractivity contribution in [3.8, 4) is 0 Å². The number of rotatable bonds is 3. The van der Waals surface area contributed by atoms with Gasteiger partial charge in [-0.25, -0.2) is 14.8 Å². The molecule has 0 radical (unpaired) electrons. The van der Waals surface area contributed by atoms with Crippen LogP contribution in [0.25, 0.3) is 10.9 Å². The molecule has 2 amide bonds. The third-order valence-electron chi connectivity index (χ3n) is 5.45. The van der Waals surface area contributed by atoms with E-state index in [1.807, 2.05) is 29.0 Å². The summed E-state index contributed by atoms with van der Waals surface area (Å²) < 4.78 is 0. The third kappa shape index (κ3) is 3.18. The minimum absolute atomic E-state index is 0.187. The van der Waals surface area contributed by atoms with E-state index in [9.17, 15) is 4.79 Å². The second kappa shape index (κ2) is 6.59. The number of fused-ring (bicyclic) bond motifs is 1. The molecule has 0 bridgehead atoms. The van der Waals surface area contributed by atoms with E-state index in [4.69, 9.17) is 4.98 Å². The van der Waals surface area contributed by atoms with Gasteiger partial charge in [0.25, 0.3) is 0 Å². The van der Waals surface area contributed by atoms with Gasteiger partial charge in [0.2, 0.25) is 0 Å². The van der Waals surface area contributed by atoms with E-state index in [0.29, 0.717) is 6.04 Å². The van der Waals surface area contributed by atoms with Crippen LogP contribution in [0.2, 0.25) is 0 Å². The Morgan fingerprint density at radius 1 is 1.08 bits per heavy atom. The molecule has 0 atom stereocenters. The minimum atomic E-state index is 0.187. The van der Waals surface area contributed by atoms with Crippen molar-refractivity contribution in [2.75, 3.05) is 33.2 Å². The van der Waals surface area contributed by atoms with Gasteiger partial charge in [-0.05, 0) is 25.8 Å². The summed E-state index contributed by atoms with van der Waals surface area (Å²) in [4.78, 5) is 27.8. The maximum atomic E-state index is 12.2. The van der Waals surface area contributed by atoms with E-state index in [0.717, 1.165) is 68.0 Å². The number of likely N-dealkylation sites (N-methyl/N-ethyl adjacent to an activating group) is 1. The fourth-order valence-corrected chi connectivity index (χ4v) is 3.96. The number of urea groups is 1. The number of aryl methyl sites for hydroxylation is 1. The number of hydrogen-bond donors (Lipinski definition) is 0. The average Bonchev–Trinajstić information content (AvgIpc) is 2.95. The second-order valence-electron chi connectivity index (χ2n) is 7.15. The van der Waals surface area contributed by atoms with Crippen LogP contribution in [0, 0.1) is 6.92 Å². The van der Waals surface area contributed by atoms with Gasteiger partial charge in [0.05, 0.1) is 12.1 Å². The summed E-state index contributed by atoms with van der Waals surface area (Å²) in [5.74, 6) is 0.895. The number of benzene rings is 1. The van der Waals surface area contributed by atoms with Crippen molar-refractivity contribution in [1.82, 2.24) is 24.7 Å². The molecule has 6 heteroatoms. The van der Waals surface area contributed by atoms with E-state index in [1.54, 1.807) is 0 Å². The lowest BCUT2D eigenvalue weighted by atomic mass is 10.0. The van der Waals surface area contributed by atoms with Crippen LogP contribution in [0.5, 0.6) is 0 Å². The second-order valence-corrected chi connectivity index (χ2v) is 7.15. The van der Waals surface area contributed by atoms with Gasteiger partial charge >= 0.3 is 6.03 Å². The Labute approximate surface area is 148 Å². The van der Waals surface area contributed by atoms with Crippen LogP contribution in [0.3, 0.4) is 0 Å². The number of carbonyl (C=O) groups excluding carboxylic acids is 1. The summed E-state index contributed by atoms with van der Waals surface area (Å²) in [7, 11) is 1.89. The monoisotopic (exact) mass is 339 g/mol. The first-order chi connectivity index (χ1) is 12.1. The fourth-order valence-electron chi connectivity index (χ4n) is 3.96. The van der Waals surface area contributed by atoms with Gasteiger partial charge in [-0.15, -0.1) is 0 Å². The van der Waals surface area contributed by atoms with Crippen molar-refractivity contribution >= 4 is 16.9 Å². The summed E-state index contributed by atoms with van der Waals surface area (Å²) in [6, 6.07) is 8.74. The lowest BCUT2D eigenvalue weighted by Gasteiger charge is -2.36. The van der Waals surface area contributed by atoms with Gasteiger partial charge < -0.3 is 9.80 Å². The molecule has 2 fully saturated rings. The number of piperidine rings is 1. The number of aromatic nitrogens is 2. The van der Waals surface area contributed by atoms with Crippen LogP contribution in [0.15, 0.2) is 24.3 Å². The highest BCUT2D eigenvalue weighted by molar-refractivity contribution is 5.80. The van der Waals surface area contributed by atoms with Gasteiger partial charge in [0.15, 0.2) is 0 Å². The van der Waals surface area contributed by atoms with Crippen molar-refractivity contribution in [2.45, 2.75) is 32.4 Å². The number of carbonyl (C=O) groups is 1. The van der Waals surface area contributed by atoms with Gasteiger partial charge in [-0.1, -0.05) is 18.2 Å². The standard InChI is InChI=1S/C19H25N5O/c1-14-16-5-3-4-6-17(16)21-18(20-14)13-23-9-7-15(8-10-23)24-12-11-22(2)19(24)25/h3-6,15H,7-13H2,1-2H3. The summed E-state index contributed by atoms with van der Waals surface area (Å²) in [6.07, 6.45) is 2.07. The summed E-state index contributed by atoms with van der Waals surface area (Å²) in [5, 5.41) is 1.13. The van der Waals surface area contributed by atoms with Crippen molar-refractivity contribution in [3.05, 3.63) is 35.8 Å². The third-order valence-corrected chi connectivity index (χ3v) is 5.45. The summed E-state index contributed by atoms with van der Waals surface area (Å²) >= 11 is 0. The normalized spacial score (nSPS) is 20.0. The van der Waals surface area contributed by atoms with Gasteiger partial charge in [-0.2, -0.15) is 0 Å². The molecule has 25 heavy (non-hydrogen) atoms. The average molecular weight is 339 g/mol. The van der Waals surface area contributed by atoms with Gasteiger partial charge in [0, 0.05) is 50.3 Å². The Balaban J connectivity index is 1.40. The van der Waals surface area contributed by atoms with Gasteiger partial charge in [0.1, 0.15) is 5.82 Å². The topological polar surface area (TPSA) is 52.6 Å². The Hall–Kier alpha value is -2.21. The molecule has 2 aliphatic heterocycles. The molecule has 0 aliphatic carbocycles. The first-order valence-electron chi connectivity index (χ1n) is 9.08. The first-order valence-corrected chi connectivity index (χ1v) is 9.08. The molecule has 0 N–H and O–H groups in total. The van der Waals surface area contributed by atoms with Crippen molar-refractivity contribution in [2.24, 2.45) is 0 Å². The molecular formula is C19H25N5O. The lowest BCUT2D eigenvalue weighted by Crippen LogP contribution is -2.46. The van der Waals surface area contributed by atoms with Crippen LogP contribution in [0.1, 0.15) is 24.4 Å². The van der Waals surface area contributed by atoms with Crippen molar-refractivity contribution in [1.29, 1.82) is 0 Å². The smallest absolute Gasteiger partial charge is 0.320 e. The van der Waals surface area contributed by atoms with Crippen molar-refractivity contribution < 1.29 is 4.79 Å². The molecule has 0 saturated carbocycles. The Kier molecular flexibility index (Phi) is 4.29. The van der Waals surface area contributed by atoms with Crippen LogP contribution in [-0.2, 0) is 6.54 Å². The molecule has 6 nitrogen and oxygen atoms in total. The highest BCUT2D eigenvalue weighted by atomic mass is 16.2. The maximum Gasteiger partial charge on any atom is 0.320 e. The highest BCUT2D eigenvalue weighted by Crippen LogP contribution is 2.22. The number of likely N-dealkylation sites (tertiary alicyclic amines) is 1. The Morgan fingerprint density at radius 3 is 2.56 bits per heavy atom. The van der Waals surface area contributed by atoms with Crippen LogP contribution in [0.4, 0.5) is 4.79 Å². The molecule has 0 spiro atoms. The predicted molar refractivity (Wildman–Crippen MR) is 97.3 cm³/mol. The fraction of sp³-hybridized carbons (Fsp3) is 0.526. The highest BCUT2D eigenvalue weighted by Gasteiger charge is 2.33. The van der Waals surface area contributed by atoms with Crippen LogP contribution < -0.4 is 0 Å². The van der Waals surface area contributed by atoms with E-state index >= 15 is 0 Å². The Bertz CT molecular complexity index is 784. The number of nitrogens with zero attached hydrogens (tertiary/aromatic N) is 5. The number of hydrogen-bond acceptors (Lipinski definition) is 4. The number of amides is 2. The molecule has 0 unspecified atom stereocenters. The van der Waals surface area contributed by atoms with E-state index in [1.165, 1.54) is 0 Å². The quantitative estimate of drug-likeness (QED) is 0.861. The first kappa shape index (κ1) is 16.3. The van der Waals surface area contributed by atoms with E-state index in [-0.39, 0.29) is 6.03 Å². The van der Waals surface area contributed by atoms with E-state index in [2.05, 4.69) is 28.9 Å². The van der Waals surface area contributed by atoms with Crippen LogP contribution in [-0.4, -0.2) is 70.0 Å². The maximum absolute atomic E-state index is 12.2. The molecule has 132 valence electrons. The molecule has 2 saturated heterocycles. The number of para-hydroxylation sites is 1. The zero-order valence-corrected chi connectivity index (χ0v) is 15.0. The largest absolute Gasteiger partial charge is 0.326 e. The van der Waals surface area contributed by atoms with E-state index < -0.39 is 0 Å². The Morgan fingerprint density at radius 2 is 1.84 bits per heavy atom. The zero-order valence-electron chi connectivity index (χ0n) is 15.0. The minimum Gasteiger partial charge on any atom is -0.326 e. The zero-order chi connectivity index (χ0) is 17.4. The van der Waals surface area contributed by atoms with Crippen LogP contribution >= 0.6 is 0 Å². The molecule has 1 aromatic carbocycles. The molecule has 4 rings (SSSR count). The molecule has 2 aromatic rings. The molecule has 1 aromatic heterocycles. The lowest BCUT2D eigenvalue weighted by molar-refractivity contribution is 0.126. The predicted octanol–water partition coefficient (Wildman–Crippen LogP) is 2.27. The van der Waals surface area contributed by atoms with Gasteiger partial charge in [-0.3, -0.25) is 4.90 Å². The summed E-state index contributed by atoms with van der Waals surface area (Å²) in [6.45, 7) is 6.54. The SMILES string of the molecule is Cc1nc(CN2CCC(N3CCN(C)C3=O)CC2)nc2ccccc12. The molecule has 3 heterocycles. The molecule has 2 aliphatic rings.